The van der Waals surface area contributed by atoms with Gasteiger partial charge in [-0.2, -0.15) is 0 Å². The number of unbranched alkanes of at least 4 members (excludes halogenated alkanes) is 17. The van der Waals surface area contributed by atoms with E-state index in [0.717, 1.165) is 25.7 Å². The SMILES string of the molecule is CCCCCCCCCCCCCCCC(=O)NCCCCC(NC(=O)CCCCCCC(=O)ON1C(=O)CCC1=O)C(=O)NCCCC[C@@H](C(=O)NCCOC1OC(CO)C(O)C(O)C1O)N(CC(=O)NCCOC1OC(CO)C(O)C(O)C1O)CC(=O)NCCOC1OC(CO)C(O)C(O)C1O. The van der Waals surface area contributed by atoms with Crippen molar-refractivity contribution < 1.29 is 138 Å². The van der Waals surface area contributed by atoms with Gasteiger partial charge in [-0.25, -0.2) is 4.79 Å². The van der Waals surface area contributed by atoms with E-state index in [1.54, 1.807) is 0 Å². The summed E-state index contributed by atoms with van der Waals surface area (Å²) < 4.78 is 32.7. The Bertz CT molecular complexity index is 2440. The van der Waals surface area contributed by atoms with E-state index in [9.17, 15) is 104 Å². The summed E-state index contributed by atoms with van der Waals surface area (Å²) in [5, 5.41) is 139. The second-order valence-corrected chi connectivity index (χ2v) is 26.8. The molecule has 600 valence electrons. The van der Waals surface area contributed by atoms with Crippen molar-refractivity contribution in [2.24, 2.45) is 0 Å². The third-order valence-corrected chi connectivity index (χ3v) is 18.4. The first-order chi connectivity index (χ1) is 50.0. The summed E-state index contributed by atoms with van der Waals surface area (Å²) in [5.74, 6) is -5.30. The van der Waals surface area contributed by atoms with Crippen LogP contribution in [0, 0.1) is 0 Å². The predicted octanol–water partition coefficient (Wildman–Crippen LogP) is -4.06. The zero-order chi connectivity index (χ0) is 76.3. The molecule has 0 aliphatic carbocycles. The minimum atomic E-state index is -1.78. The van der Waals surface area contributed by atoms with Crippen LogP contribution in [0.5, 0.6) is 0 Å². The summed E-state index contributed by atoms with van der Waals surface area (Å²) in [7, 11) is 0. The first-order valence-corrected chi connectivity index (χ1v) is 37.2. The monoisotopic (exact) mass is 1500 g/mol. The fourth-order valence-corrected chi connectivity index (χ4v) is 12.2. The molecule has 18 N–H and O–H groups in total. The number of nitrogens with zero attached hydrogens (tertiary/aromatic N) is 2. The van der Waals surface area contributed by atoms with Gasteiger partial charge in [-0.3, -0.25) is 43.3 Å². The van der Waals surface area contributed by atoms with Crippen LogP contribution in [0.2, 0.25) is 0 Å². The average molecular weight is 1500 g/mol. The smallest absolute Gasteiger partial charge is 0.333 e. The number of hydrogen-bond acceptors (Lipinski definition) is 29. The van der Waals surface area contributed by atoms with Gasteiger partial charge in [0.1, 0.15) is 79.3 Å². The van der Waals surface area contributed by atoms with E-state index in [1.165, 1.54) is 62.7 Å². The van der Waals surface area contributed by atoms with Gasteiger partial charge < -0.3 is 126 Å². The van der Waals surface area contributed by atoms with Crippen LogP contribution in [-0.2, 0) is 76.4 Å². The van der Waals surface area contributed by atoms with Crippen molar-refractivity contribution in [1.29, 1.82) is 0 Å². The van der Waals surface area contributed by atoms with E-state index >= 15 is 0 Å². The van der Waals surface area contributed by atoms with Gasteiger partial charge in [0.2, 0.25) is 35.4 Å². The molecule has 4 heterocycles. The van der Waals surface area contributed by atoms with Gasteiger partial charge >= 0.3 is 5.97 Å². The molecule has 8 amide bonds. The second kappa shape index (κ2) is 51.9. The number of ether oxygens (including phenoxy) is 6. The largest absolute Gasteiger partial charge is 0.394 e. The fourth-order valence-electron chi connectivity index (χ4n) is 12.2. The number of amides is 8. The lowest BCUT2D eigenvalue weighted by Gasteiger charge is -2.39. The first-order valence-electron chi connectivity index (χ1n) is 37.2. The lowest BCUT2D eigenvalue weighted by atomic mass is 9.99. The molecular formula is C68H120N8O28. The number of hydroxylamine groups is 2. The highest BCUT2D eigenvalue weighted by molar-refractivity contribution is 6.01. The molecule has 36 nitrogen and oxygen atoms in total. The maximum Gasteiger partial charge on any atom is 0.333 e. The van der Waals surface area contributed by atoms with Crippen LogP contribution in [0.1, 0.15) is 187 Å². The van der Waals surface area contributed by atoms with Crippen molar-refractivity contribution >= 4 is 53.2 Å². The predicted molar refractivity (Wildman–Crippen MR) is 364 cm³/mol. The molecule has 0 aromatic carbocycles. The topological polar surface area (TPSA) is 540 Å². The van der Waals surface area contributed by atoms with Crippen LogP contribution >= 0.6 is 0 Å². The minimum Gasteiger partial charge on any atom is -0.394 e. The number of rotatable bonds is 55. The van der Waals surface area contributed by atoms with E-state index in [0.29, 0.717) is 56.6 Å². The Morgan fingerprint density at radius 3 is 1.22 bits per heavy atom. The molecule has 4 aliphatic rings. The molecule has 17 atom stereocenters. The van der Waals surface area contributed by atoms with Gasteiger partial charge in [0.25, 0.3) is 11.8 Å². The maximum absolute atomic E-state index is 14.5. The molecular weight excluding hydrogens is 1380 g/mol. The summed E-state index contributed by atoms with van der Waals surface area (Å²) >= 11 is 0. The van der Waals surface area contributed by atoms with Crippen LogP contribution in [0.15, 0.2) is 0 Å². The third-order valence-electron chi connectivity index (χ3n) is 18.4. The Morgan fingerprint density at radius 1 is 0.423 bits per heavy atom. The van der Waals surface area contributed by atoms with Crippen LogP contribution in [0.3, 0.4) is 0 Å². The van der Waals surface area contributed by atoms with Crippen molar-refractivity contribution in [3.63, 3.8) is 0 Å². The van der Waals surface area contributed by atoms with E-state index in [1.807, 2.05) is 0 Å². The molecule has 104 heavy (non-hydrogen) atoms. The molecule has 4 rings (SSSR count). The first kappa shape index (κ1) is 91.1. The molecule has 0 aromatic heterocycles. The molecule has 4 fully saturated rings. The quantitative estimate of drug-likeness (QED) is 0.0204. The second-order valence-electron chi connectivity index (χ2n) is 26.8. The van der Waals surface area contributed by atoms with Crippen LogP contribution < -0.4 is 31.9 Å². The van der Waals surface area contributed by atoms with Gasteiger partial charge in [0, 0.05) is 64.8 Å². The number of aliphatic hydroxyl groups excluding tert-OH is 12. The van der Waals surface area contributed by atoms with Crippen molar-refractivity contribution in [3.8, 4) is 0 Å². The molecule has 0 bridgehead atoms. The van der Waals surface area contributed by atoms with Gasteiger partial charge in [0.15, 0.2) is 18.9 Å². The molecule has 16 unspecified atom stereocenters. The number of carbonyl (C=O) groups excluding carboxylic acids is 9. The van der Waals surface area contributed by atoms with Gasteiger partial charge in [-0.05, 0) is 57.8 Å². The molecule has 0 spiro atoms. The van der Waals surface area contributed by atoms with Crippen LogP contribution in [0.4, 0.5) is 0 Å². The number of aliphatic hydroxyl groups is 12. The van der Waals surface area contributed by atoms with Gasteiger partial charge in [-0.15, -0.1) is 5.06 Å². The Kier molecular flexibility index (Phi) is 45.4. The molecule has 0 saturated carbocycles. The number of nitrogens with one attached hydrogen (secondary N) is 6. The lowest BCUT2D eigenvalue weighted by molar-refractivity contribution is -0.300. The van der Waals surface area contributed by atoms with Gasteiger partial charge in [0.05, 0.1) is 58.8 Å². The zero-order valence-electron chi connectivity index (χ0n) is 60.1. The van der Waals surface area contributed by atoms with Crippen molar-refractivity contribution in [1.82, 2.24) is 41.9 Å². The summed E-state index contributed by atoms with van der Waals surface area (Å²) in [6.45, 7) is -3.03. The Hall–Kier alpha value is -5.33. The molecule has 4 saturated heterocycles. The number of hydrogen-bond donors (Lipinski definition) is 18. The van der Waals surface area contributed by atoms with E-state index in [4.69, 9.17) is 33.3 Å². The Morgan fingerprint density at radius 2 is 0.788 bits per heavy atom. The average Bonchev–Trinajstić information content (AvgIpc) is 1.46. The summed E-state index contributed by atoms with van der Waals surface area (Å²) in [6.07, 6.45) is -5.38. The Labute approximate surface area is 607 Å². The van der Waals surface area contributed by atoms with E-state index in [2.05, 4.69) is 38.8 Å². The third kappa shape index (κ3) is 33.4. The summed E-state index contributed by atoms with van der Waals surface area (Å²) in [4.78, 5) is 124. The van der Waals surface area contributed by atoms with Crippen LogP contribution in [-0.4, -0.2) is 314 Å². The molecule has 4 aliphatic heterocycles. The maximum atomic E-state index is 14.5. The highest BCUT2D eigenvalue weighted by Crippen LogP contribution is 2.25. The lowest BCUT2D eigenvalue weighted by Crippen LogP contribution is -2.59. The van der Waals surface area contributed by atoms with Crippen LogP contribution in [0.25, 0.3) is 0 Å². The zero-order valence-corrected chi connectivity index (χ0v) is 60.1. The summed E-state index contributed by atoms with van der Waals surface area (Å²) in [5.41, 5.74) is 0. The molecule has 0 radical (unpaired) electrons. The Balaban J connectivity index is 1.43. The van der Waals surface area contributed by atoms with Gasteiger partial charge in [-0.1, -0.05) is 96.8 Å². The summed E-state index contributed by atoms with van der Waals surface area (Å²) in [6, 6.07) is -2.37. The van der Waals surface area contributed by atoms with Crippen molar-refractivity contribution in [3.05, 3.63) is 0 Å². The molecule has 0 aromatic rings. The number of imide groups is 1. The minimum absolute atomic E-state index is 0.00584. The molecule has 36 heteroatoms. The normalized spacial score (nSPS) is 26.2. The highest BCUT2D eigenvalue weighted by Gasteiger charge is 2.47. The number of carbonyl (C=O) groups is 9. The highest BCUT2D eigenvalue weighted by atomic mass is 16.7. The van der Waals surface area contributed by atoms with E-state index < -0.39 is 191 Å². The van der Waals surface area contributed by atoms with Crippen molar-refractivity contribution in [2.75, 3.05) is 85.5 Å². The standard InChI is InChI=1S/C68H120N8O28/c1-2-3-4-5-6-7-8-9-10-11-12-13-16-25-48(80)69-30-21-19-23-43(74-49(81)26-17-14-15-18-27-54(86)104-76-52(84)28-29-53(76)85)64(96)72-31-22-20-24-44(65(97)73-34-37-100-68-63(95)60(92)57(89)47(42-79)103-68)75(38-50(82)70-32-35-98-66-61(93)58(90)55(87)45(40-77)101-66)39-51(83)71-33-36-99-67-62(94)59(91)56(88)46(41-78)102-67/h43-47,55-63,66-68,77-79,87-95H,2-42H2,1H3,(H,69,80)(H,70,82)(H,71,83)(H,72,96)(H,73,97)(H,74,81)/t43?,44-,45?,46?,47?,55?,56?,57?,58?,59?,60?,61?,62?,63?,66?,67?,68?/m0/s1. The fraction of sp³-hybridized carbons (Fsp3) is 0.868. The van der Waals surface area contributed by atoms with Crippen molar-refractivity contribution in [2.45, 2.75) is 291 Å². The van der Waals surface area contributed by atoms with E-state index in [-0.39, 0.29) is 96.7 Å².